The fourth-order valence-electron chi connectivity index (χ4n) is 1.86. The van der Waals surface area contributed by atoms with Crippen LogP contribution in [0, 0.1) is 5.82 Å². The lowest BCUT2D eigenvalue weighted by atomic mass is 10.1. The average molecular weight is 233 g/mol. The summed E-state index contributed by atoms with van der Waals surface area (Å²) in [6, 6.07) is 6.94. The van der Waals surface area contributed by atoms with Crippen molar-refractivity contribution >= 4 is 0 Å². The molecule has 0 fully saturated rings. The van der Waals surface area contributed by atoms with Gasteiger partial charge in [0.2, 0.25) is 0 Å². The minimum atomic E-state index is -0.252. The molecule has 0 aliphatic heterocycles. The molecule has 2 rings (SSSR count). The van der Waals surface area contributed by atoms with Gasteiger partial charge < -0.3 is 5.73 Å². The zero-order chi connectivity index (χ0) is 12.3. The molecular formula is C13H16FN3. The molecule has 0 aliphatic carbocycles. The second kappa shape index (κ2) is 5.10. The molecule has 1 heterocycles. The van der Waals surface area contributed by atoms with Gasteiger partial charge in [-0.3, -0.25) is 4.68 Å². The number of nitrogens with two attached hydrogens (primary N) is 1. The van der Waals surface area contributed by atoms with E-state index < -0.39 is 0 Å². The Morgan fingerprint density at radius 3 is 2.88 bits per heavy atom. The molecule has 1 aromatic heterocycles. The van der Waals surface area contributed by atoms with Crippen LogP contribution in [-0.2, 0) is 13.1 Å². The number of rotatable bonds is 4. The number of hydrogen-bond acceptors (Lipinski definition) is 2. The van der Waals surface area contributed by atoms with E-state index in [1.54, 1.807) is 18.3 Å². The van der Waals surface area contributed by atoms with Gasteiger partial charge in [0.1, 0.15) is 5.82 Å². The van der Waals surface area contributed by atoms with Crippen LogP contribution in [0.5, 0.6) is 0 Å². The molecule has 4 heteroatoms. The maximum Gasteiger partial charge on any atom is 0.127 e. The summed E-state index contributed by atoms with van der Waals surface area (Å²) in [5.41, 5.74) is 8.00. The first-order valence-electron chi connectivity index (χ1n) is 5.77. The third-order valence-electron chi connectivity index (χ3n) is 2.71. The minimum Gasteiger partial charge on any atom is -0.326 e. The molecule has 2 N–H and O–H groups in total. The van der Waals surface area contributed by atoms with E-state index in [0.717, 1.165) is 24.2 Å². The molecule has 1 aromatic carbocycles. The Bertz CT molecular complexity index is 505. The first-order valence-corrected chi connectivity index (χ1v) is 5.77. The highest BCUT2D eigenvalue weighted by Crippen LogP contribution is 2.22. The lowest BCUT2D eigenvalue weighted by Gasteiger charge is -2.08. The molecule has 0 spiro atoms. The van der Waals surface area contributed by atoms with Crippen molar-refractivity contribution in [2.24, 2.45) is 5.73 Å². The fraction of sp³-hybridized carbons (Fsp3) is 0.308. The van der Waals surface area contributed by atoms with Crippen LogP contribution in [-0.4, -0.2) is 9.78 Å². The Balaban J connectivity index is 2.42. The van der Waals surface area contributed by atoms with E-state index in [9.17, 15) is 4.39 Å². The van der Waals surface area contributed by atoms with Crippen molar-refractivity contribution in [1.82, 2.24) is 9.78 Å². The zero-order valence-electron chi connectivity index (χ0n) is 9.86. The molecule has 90 valence electrons. The zero-order valence-corrected chi connectivity index (χ0v) is 9.86. The van der Waals surface area contributed by atoms with Gasteiger partial charge in [-0.1, -0.05) is 6.92 Å². The Morgan fingerprint density at radius 2 is 2.18 bits per heavy atom. The number of aromatic nitrogens is 2. The second-order valence-corrected chi connectivity index (χ2v) is 3.95. The molecule has 0 saturated heterocycles. The monoisotopic (exact) mass is 233 g/mol. The van der Waals surface area contributed by atoms with E-state index in [-0.39, 0.29) is 12.4 Å². The Kier molecular flexibility index (Phi) is 3.54. The number of halogens is 1. The highest BCUT2D eigenvalue weighted by molar-refractivity contribution is 5.60. The number of hydrogen-bond donors (Lipinski definition) is 1. The predicted octanol–water partition coefficient (Wildman–Crippen LogP) is 2.56. The van der Waals surface area contributed by atoms with Crippen molar-refractivity contribution in [3.8, 4) is 11.3 Å². The summed E-state index contributed by atoms with van der Waals surface area (Å²) in [7, 11) is 0. The number of nitrogens with zero attached hydrogens (tertiary/aromatic N) is 2. The van der Waals surface area contributed by atoms with Crippen LogP contribution in [0.4, 0.5) is 4.39 Å². The van der Waals surface area contributed by atoms with E-state index in [1.807, 2.05) is 10.7 Å². The first kappa shape index (κ1) is 11.8. The van der Waals surface area contributed by atoms with Gasteiger partial charge in [-0.15, -0.1) is 0 Å². The molecule has 0 amide bonds. The normalized spacial score (nSPS) is 10.8. The first-order chi connectivity index (χ1) is 8.26. The van der Waals surface area contributed by atoms with Gasteiger partial charge in [-0.2, -0.15) is 5.10 Å². The topological polar surface area (TPSA) is 43.8 Å². The molecule has 0 saturated carbocycles. The predicted molar refractivity (Wildman–Crippen MR) is 65.8 cm³/mol. The fourth-order valence-corrected chi connectivity index (χ4v) is 1.86. The van der Waals surface area contributed by atoms with Crippen LogP contribution >= 0.6 is 0 Å². The van der Waals surface area contributed by atoms with E-state index in [0.29, 0.717) is 5.56 Å². The van der Waals surface area contributed by atoms with Gasteiger partial charge >= 0.3 is 0 Å². The SMILES string of the molecule is CCCn1nccc1-c1ccc(F)c(CN)c1. The molecule has 0 unspecified atom stereocenters. The maximum absolute atomic E-state index is 13.4. The average Bonchev–Trinajstić information content (AvgIpc) is 2.78. The van der Waals surface area contributed by atoms with Crippen LogP contribution in [0.15, 0.2) is 30.5 Å². The number of aryl methyl sites for hydroxylation is 1. The van der Waals surface area contributed by atoms with E-state index in [1.165, 1.54) is 6.07 Å². The van der Waals surface area contributed by atoms with Gasteiger partial charge in [-0.05, 0) is 30.7 Å². The third kappa shape index (κ3) is 2.36. The second-order valence-electron chi connectivity index (χ2n) is 3.95. The van der Waals surface area contributed by atoms with Crippen molar-refractivity contribution in [3.63, 3.8) is 0 Å². The highest BCUT2D eigenvalue weighted by Gasteiger charge is 2.07. The lowest BCUT2D eigenvalue weighted by Crippen LogP contribution is -2.03. The van der Waals surface area contributed by atoms with Crippen molar-refractivity contribution in [3.05, 3.63) is 41.8 Å². The molecule has 2 aromatic rings. The third-order valence-corrected chi connectivity index (χ3v) is 2.71. The molecule has 3 nitrogen and oxygen atoms in total. The summed E-state index contributed by atoms with van der Waals surface area (Å²) < 4.78 is 15.3. The standard InChI is InChI=1S/C13H16FN3/c1-2-7-17-13(5-6-16-17)10-3-4-12(14)11(8-10)9-15/h3-6,8H,2,7,9,15H2,1H3. The summed E-state index contributed by atoms with van der Waals surface area (Å²) in [5.74, 6) is -0.252. The molecule has 0 atom stereocenters. The van der Waals surface area contributed by atoms with E-state index >= 15 is 0 Å². The molecule has 0 aliphatic rings. The smallest absolute Gasteiger partial charge is 0.127 e. The molecule has 0 bridgehead atoms. The van der Waals surface area contributed by atoms with Gasteiger partial charge in [0.05, 0.1) is 5.69 Å². The van der Waals surface area contributed by atoms with E-state index in [4.69, 9.17) is 5.73 Å². The number of benzene rings is 1. The van der Waals surface area contributed by atoms with Gasteiger partial charge in [-0.25, -0.2) is 4.39 Å². The quantitative estimate of drug-likeness (QED) is 0.882. The van der Waals surface area contributed by atoms with Crippen LogP contribution in [0.25, 0.3) is 11.3 Å². The molecular weight excluding hydrogens is 217 g/mol. The molecule has 17 heavy (non-hydrogen) atoms. The Morgan fingerprint density at radius 1 is 1.35 bits per heavy atom. The Hall–Kier alpha value is -1.68. The van der Waals surface area contributed by atoms with Crippen molar-refractivity contribution in [2.45, 2.75) is 26.4 Å². The largest absolute Gasteiger partial charge is 0.326 e. The highest BCUT2D eigenvalue weighted by atomic mass is 19.1. The summed E-state index contributed by atoms with van der Waals surface area (Å²) in [6.07, 6.45) is 2.77. The maximum atomic E-state index is 13.4. The lowest BCUT2D eigenvalue weighted by molar-refractivity contribution is 0.605. The van der Waals surface area contributed by atoms with Gasteiger partial charge in [0, 0.05) is 30.4 Å². The van der Waals surface area contributed by atoms with Gasteiger partial charge in [0.25, 0.3) is 0 Å². The summed E-state index contributed by atoms with van der Waals surface area (Å²) in [4.78, 5) is 0. The molecule has 0 radical (unpaired) electrons. The van der Waals surface area contributed by atoms with Crippen LogP contribution in [0.3, 0.4) is 0 Å². The summed E-state index contributed by atoms with van der Waals surface area (Å²) in [6.45, 7) is 3.17. The van der Waals surface area contributed by atoms with Crippen LogP contribution in [0.1, 0.15) is 18.9 Å². The summed E-state index contributed by atoms with van der Waals surface area (Å²) in [5, 5.41) is 4.25. The van der Waals surface area contributed by atoms with Crippen molar-refractivity contribution < 1.29 is 4.39 Å². The Labute approximate surface area is 100 Å². The van der Waals surface area contributed by atoms with Gasteiger partial charge in [0.15, 0.2) is 0 Å². The summed E-state index contributed by atoms with van der Waals surface area (Å²) >= 11 is 0. The van der Waals surface area contributed by atoms with Crippen molar-refractivity contribution in [1.29, 1.82) is 0 Å². The van der Waals surface area contributed by atoms with Crippen LogP contribution < -0.4 is 5.73 Å². The minimum absolute atomic E-state index is 0.210. The van der Waals surface area contributed by atoms with Crippen LogP contribution in [0.2, 0.25) is 0 Å². The van der Waals surface area contributed by atoms with Crippen molar-refractivity contribution in [2.75, 3.05) is 0 Å². The van der Waals surface area contributed by atoms with E-state index in [2.05, 4.69) is 12.0 Å².